The smallest absolute Gasteiger partial charge is 0.233 e. The Hall–Kier alpha value is -2.86. The summed E-state index contributed by atoms with van der Waals surface area (Å²) in [6, 6.07) is 13.9. The minimum Gasteiger partial charge on any atom is -0.495 e. The molecule has 0 spiro atoms. The van der Waals surface area contributed by atoms with Crippen LogP contribution in [-0.4, -0.2) is 24.5 Å². The first kappa shape index (κ1) is 19.5. The molecule has 0 aliphatic carbocycles. The Labute approximate surface area is 174 Å². The standard InChI is InChI=1S/C23H24N2O3S/c1-16-8-10-19(11-9-16)28-14-21-24-18(15-29-21)13-22(26)25-12-4-6-17-5-3-7-20(27-2)23(17)25/h3,5,7-11,15H,4,6,12-14H2,1-2H3. The van der Waals surface area contributed by atoms with Gasteiger partial charge < -0.3 is 14.4 Å². The number of nitrogens with zero attached hydrogens (tertiary/aromatic N) is 2. The zero-order chi connectivity index (χ0) is 20.2. The maximum absolute atomic E-state index is 13.0. The predicted molar refractivity (Wildman–Crippen MR) is 115 cm³/mol. The number of fused-ring (bicyclic) bond motifs is 1. The van der Waals surface area contributed by atoms with E-state index in [1.807, 2.05) is 53.6 Å². The number of aryl methyl sites for hydroxylation is 2. The van der Waals surface area contributed by atoms with Crippen molar-refractivity contribution in [1.82, 2.24) is 4.98 Å². The third-order valence-corrected chi connectivity index (χ3v) is 5.89. The molecule has 1 amide bonds. The molecular weight excluding hydrogens is 384 g/mol. The molecule has 0 atom stereocenters. The molecule has 0 unspecified atom stereocenters. The van der Waals surface area contributed by atoms with Gasteiger partial charge in [-0.1, -0.05) is 29.8 Å². The molecule has 0 saturated carbocycles. The Morgan fingerprint density at radius 3 is 2.83 bits per heavy atom. The number of para-hydroxylation sites is 1. The maximum atomic E-state index is 13.0. The molecule has 3 aromatic rings. The van der Waals surface area contributed by atoms with E-state index in [4.69, 9.17) is 9.47 Å². The van der Waals surface area contributed by atoms with E-state index in [1.54, 1.807) is 7.11 Å². The van der Waals surface area contributed by atoms with Gasteiger partial charge >= 0.3 is 0 Å². The number of thiazole rings is 1. The highest BCUT2D eigenvalue weighted by molar-refractivity contribution is 7.09. The van der Waals surface area contributed by atoms with Gasteiger partial charge in [-0.25, -0.2) is 4.98 Å². The zero-order valence-electron chi connectivity index (χ0n) is 16.7. The summed E-state index contributed by atoms with van der Waals surface area (Å²) in [5.41, 5.74) is 4.05. The monoisotopic (exact) mass is 408 g/mol. The van der Waals surface area contributed by atoms with Gasteiger partial charge in [-0.2, -0.15) is 0 Å². The van der Waals surface area contributed by atoms with E-state index in [9.17, 15) is 4.79 Å². The van der Waals surface area contributed by atoms with Crippen LogP contribution in [0.3, 0.4) is 0 Å². The van der Waals surface area contributed by atoms with Crippen molar-refractivity contribution >= 4 is 22.9 Å². The van der Waals surface area contributed by atoms with Gasteiger partial charge in [-0.05, 0) is 43.5 Å². The van der Waals surface area contributed by atoms with Crippen molar-refractivity contribution in [2.24, 2.45) is 0 Å². The first-order chi connectivity index (χ1) is 14.1. The summed E-state index contributed by atoms with van der Waals surface area (Å²) in [7, 11) is 1.65. The minimum atomic E-state index is 0.0479. The number of ether oxygens (including phenoxy) is 2. The lowest BCUT2D eigenvalue weighted by Gasteiger charge is -2.30. The van der Waals surface area contributed by atoms with Crippen LogP contribution in [0.1, 0.15) is 28.2 Å². The summed E-state index contributed by atoms with van der Waals surface area (Å²) in [5.74, 6) is 1.62. The molecule has 0 radical (unpaired) electrons. The average Bonchev–Trinajstić information content (AvgIpc) is 3.19. The second-order valence-electron chi connectivity index (χ2n) is 7.13. The van der Waals surface area contributed by atoms with E-state index in [1.165, 1.54) is 16.9 Å². The van der Waals surface area contributed by atoms with Crippen molar-refractivity contribution in [3.63, 3.8) is 0 Å². The zero-order valence-corrected chi connectivity index (χ0v) is 17.5. The third kappa shape index (κ3) is 4.43. The van der Waals surface area contributed by atoms with Crippen LogP contribution in [0.2, 0.25) is 0 Å². The quantitative estimate of drug-likeness (QED) is 0.600. The van der Waals surface area contributed by atoms with Gasteiger partial charge in [0.1, 0.15) is 23.1 Å². The highest BCUT2D eigenvalue weighted by atomic mass is 32.1. The van der Waals surface area contributed by atoms with Crippen LogP contribution in [0.4, 0.5) is 5.69 Å². The maximum Gasteiger partial charge on any atom is 0.233 e. The Morgan fingerprint density at radius 1 is 1.21 bits per heavy atom. The summed E-state index contributed by atoms with van der Waals surface area (Å²) in [6.45, 7) is 3.16. The van der Waals surface area contributed by atoms with Crippen LogP contribution in [-0.2, 0) is 24.2 Å². The van der Waals surface area contributed by atoms with E-state index in [2.05, 4.69) is 11.1 Å². The fraction of sp³-hybridized carbons (Fsp3) is 0.304. The Kier molecular flexibility index (Phi) is 5.81. The van der Waals surface area contributed by atoms with Gasteiger partial charge in [0, 0.05) is 11.9 Å². The van der Waals surface area contributed by atoms with E-state index in [-0.39, 0.29) is 12.3 Å². The van der Waals surface area contributed by atoms with Crippen molar-refractivity contribution in [3.8, 4) is 11.5 Å². The van der Waals surface area contributed by atoms with E-state index >= 15 is 0 Å². The molecule has 5 nitrogen and oxygen atoms in total. The number of rotatable bonds is 6. The molecule has 6 heteroatoms. The molecule has 0 bridgehead atoms. The lowest BCUT2D eigenvalue weighted by molar-refractivity contribution is -0.118. The van der Waals surface area contributed by atoms with E-state index in [0.717, 1.165) is 46.3 Å². The normalized spacial score (nSPS) is 13.1. The molecule has 4 rings (SSSR count). The molecular formula is C23H24N2O3S. The second kappa shape index (κ2) is 8.66. The second-order valence-corrected chi connectivity index (χ2v) is 8.07. The highest BCUT2D eigenvalue weighted by Crippen LogP contribution is 2.36. The minimum absolute atomic E-state index is 0.0479. The number of hydrogen-bond acceptors (Lipinski definition) is 5. The number of carbonyl (C=O) groups excluding carboxylic acids is 1. The number of amides is 1. The SMILES string of the molecule is COc1cccc2c1N(C(=O)Cc1csc(COc3ccc(C)cc3)n1)CCC2. The molecule has 29 heavy (non-hydrogen) atoms. The predicted octanol–water partition coefficient (Wildman–Crippen LogP) is 4.56. The number of anilines is 1. The van der Waals surface area contributed by atoms with Gasteiger partial charge in [0.2, 0.25) is 5.91 Å². The van der Waals surface area contributed by atoms with Crippen molar-refractivity contribution in [1.29, 1.82) is 0 Å². The molecule has 2 aromatic carbocycles. The van der Waals surface area contributed by atoms with Gasteiger partial charge in [0.15, 0.2) is 0 Å². The first-order valence-electron chi connectivity index (χ1n) is 9.73. The molecule has 1 aromatic heterocycles. The summed E-state index contributed by atoms with van der Waals surface area (Å²) >= 11 is 1.52. The lowest BCUT2D eigenvalue weighted by atomic mass is 10.0. The number of hydrogen-bond donors (Lipinski definition) is 0. The van der Waals surface area contributed by atoms with E-state index in [0.29, 0.717) is 13.2 Å². The highest BCUT2D eigenvalue weighted by Gasteiger charge is 2.26. The van der Waals surface area contributed by atoms with Gasteiger partial charge in [-0.15, -0.1) is 11.3 Å². The van der Waals surface area contributed by atoms with Gasteiger partial charge in [-0.3, -0.25) is 4.79 Å². The molecule has 2 heterocycles. The summed E-state index contributed by atoms with van der Waals surface area (Å²) in [4.78, 5) is 19.5. The van der Waals surface area contributed by atoms with Crippen LogP contribution >= 0.6 is 11.3 Å². The number of carbonyl (C=O) groups is 1. The number of aromatic nitrogens is 1. The fourth-order valence-corrected chi connectivity index (χ4v) is 4.26. The Balaban J connectivity index is 1.42. The summed E-state index contributed by atoms with van der Waals surface area (Å²) in [6.07, 6.45) is 2.20. The molecule has 1 aliphatic rings. The summed E-state index contributed by atoms with van der Waals surface area (Å²) in [5, 5.41) is 2.81. The van der Waals surface area contributed by atoms with E-state index < -0.39 is 0 Å². The average molecular weight is 409 g/mol. The molecule has 1 aliphatic heterocycles. The number of methoxy groups -OCH3 is 1. The lowest BCUT2D eigenvalue weighted by Crippen LogP contribution is -2.36. The molecule has 150 valence electrons. The van der Waals surface area contributed by atoms with Crippen LogP contribution < -0.4 is 14.4 Å². The summed E-state index contributed by atoms with van der Waals surface area (Å²) < 4.78 is 11.3. The topological polar surface area (TPSA) is 51.7 Å². The van der Waals surface area contributed by atoms with Crippen molar-refractivity contribution in [2.45, 2.75) is 32.8 Å². The Morgan fingerprint density at radius 2 is 2.03 bits per heavy atom. The van der Waals surface area contributed by atoms with Crippen LogP contribution in [0.25, 0.3) is 0 Å². The molecule has 0 saturated heterocycles. The van der Waals surface area contributed by atoms with Crippen LogP contribution in [0.15, 0.2) is 47.8 Å². The first-order valence-corrected chi connectivity index (χ1v) is 10.6. The largest absolute Gasteiger partial charge is 0.495 e. The molecule has 0 fully saturated rings. The van der Waals surface area contributed by atoms with Crippen LogP contribution in [0.5, 0.6) is 11.5 Å². The third-order valence-electron chi connectivity index (χ3n) is 5.02. The molecule has 0 N–H and O–H groups in total. The van der Waals surface area contributed by atoms with Gasteiger partial charge in [0.25, 0.3) is 0 Å². The van der Waals surface area contributed by atoms with Crippen molar-refractivity contribution in [3.05, 3.63) is 69.7 Å². The van der Waals surface area contributed by atoms with Crippen molar-refractivity contribution < 1.29 is 14.3 Å². The fourth-order valence-electron chi connectivity index (χ4n) is 3.56. The van der Waals surface area contributed by atoms with Crippen LogP contribution in [0, 0.1) is 6.92 Å². The Bertz CT molecular complexity index is 983. The number of benzene rings is 2. The van der Waals surface area contributed by atoms with Gasteiger partial charge in [0.05, 0.1) is 24.9 Å². The van der Waals surface area contributed by atoms with Crippen molar-refractivity contribution in [2.75, 3.05) is 18.6 Å².